The molecule has 262 valence electrons. The lowest BCUT2D eigenvalue weighted by Crippen LogP contribution is -2.37. The third-order valence-electron chi connectivity index (χ3n) is 7.25. The minimum absolute atomic E-state index is 0.118. The number of alkyl halides is 3. The number of fused-ring (bicyclic) bond motifs is 1. The zero-order valence-electron chi connectivity index (χ0n) is 27.1. The maximum absolute atomic E-state index is 14.6. The molecule has 49 heavy (non-hydrogen) atoms. The number of ether oxygens (including phenoxy) is 4. The molecule has 1 atom stereocenters. The summed E-state index contributed by atoms with van der Waals surface area (Å²) >= 11 is 5.86. The van der Waals surface area contributed by atoms with Gasteiger partial charge in [-0.2, -0.15) is 0 Å². The van der Waals surface area contributed by atoms with Crippen molar-refractivity contribution in [3.63, 3.8) is 0 Å². The topological polar surface area (TPSA) is 102 Å². The lowest BCUT2D eigenvalue weighted by Gasteiger charge is -2.28. The molecule has 1 amide bonds. The van der Waals surface area contributed by atoms with E-state index in [0.717, 1.165) is 5.69 Å². The van der Waals surface area contributed by atoms with Gasteiger partial charge in [0.1, 0.15) is 35.2 Å². The maximum Gasteiger partial charge on any atom is 0.573 e. The largest absolute Gasteiger partial charge is 0.573 e. The van der Waals surface area contributed by atoms with Gasteiger partial charge < -0.3 is 29.2 Å². The Morgan fingerprint density at radius 2 is 1.86 bits per heavy atom. The van der Waals surface area contributed by atoms with Gasteiger partial charge in [-0.25, -0.2) is 4.99 Å². The molecule has 0 saturated carbocycles. The predicted octanol–water partition coefficient (Wildman–Crippen LogP) is 7.98. The molecular formula is C34H35ClF3IN4O6. The SMILES string of the molecule is COc1cc(NC(C(=O)N2CCc3ccc(OC(F)(F)F)cc32)c2ccc(Cl)cc2OCCCC(=O)OC(C)(C)C)cc(N2C=NC=I2)c1. The summed E-state index contributed by atoms with van der Waals surface area (Å²) in [5, 5.41) is 3.70. The smallest absolute Gasteiger partial charge is 0.497 e. The van der Waals surface area contributed by atoms with Crippen LogP contribution in [0.25, 0.3) is 0 Å². The number of hydrogen-bond donors (Lipinski definition) is 1. The number of rotatable bonds is 12. The zero-order valence-corrected chi connectivity index (χ0v) is 30.1. The van der Waals surface area contributed by atoms with Crippen LogP contribution in [0.4, 0.5) is 30.2 Å². The Morgan fingerprint density at radius 3 is 2.55 bits per heavy atom. The van der Waals surface area contributed by atoms with Crippen molar-refractivity contribution in [2.24, 2.45) is 4.99 Å². The Labute approximate surface area is 297 Å². The van der Waals surface area contributed by atoms with Crippen molar-refractivity contribution in [3.05, 3.63) is 70.7 Å². The first kappa shape index (κ1) is 36.2. The molecule has 2 aliphatic rings. The third-order valence-corrected chi connectivity index (χ3v) is 9.46. The molecule has 0 aromatic heterocycles. The molecule has 2 heterocycles. The van der Waals surface area contributed by atoms with Crippen molar-refractivity contribution in [2.75, 3.05) is 33.6 Å². The number of halogens is 5. The van der Waals surface area contributed by atoms with Gasteiger partial charge in [0.25, 0.3) is 5.91 Å². The highest BCUT2D eigenvalue weighted by molar-refractivity contribution is 14.2. The van der Waals surface area contributed by atoms with E-state index in [-0.39, 0.29) is 25.5 Å². The van der Waals surface area contributed by atoms with Crippen LogP contribution in [0.5, 0.6) is 17.2 Å². The monoisotopic (exact) mass is 814 g/mol. The van der Waals surface area contributed by atoms with E-state index in [1.54, 1.807) is 51.4 Å². The maximum atomic E-state index is 14.6. The number of hydrogen-bond acceptors (Lipinski definition) is 9. The molecule has 3 aromatic carbocycles. The van der Waals surface area contributed by atoms with Gasteiger partial charge in [0, 0.05) is 68.4 Å². The fraction of sp³-hybridized carbons (Fsp3) is 0.353. The van der Waals surface area contributed by atoms with Crippen LogP contribution in [0.3, 0.4) is 0 Å². The Hall–Kier alpha value is -4.05. The zero-order chi connectivity index (χ0) is 35.3. The van der Waals surface area contributed by atoms with Gasteiger partial charge in [-0.3, -0.25) is 12.7 Å². The van der Waals surface area contributed by atoms with E-state index in [0.29, 0.717) is 51.9 Å². The first-order valence-electron chi connectivity index (χ1n) is 15.3. The number of amides is 1. The molecule has 15 heteroatoms. The van der Waals surface area contributed by atoms with Gasteiger partial charge in [-0.15, -0.1) is 13.2 Å². The molecular weight excluding hydrogens is 780 g/mol. The summed E-state index contributed by atoms with van der Waals surface area (Å²) in [6.07, 6.45) is -2.28. The Morgan fingerprint density at radius 1 is 1.06 bits per heavy atom. The van der Waals surface area contributed by atoms with E-state index < -0.39 is 50.7 Å². The standard InChI is InChI=1S/C34H35ClF3IN4O6/c1-33(2,3)49-30(44)6-5-13-47-29-14-22(35)8-10-27(29)31(41-23-15-24(17-26(16-23)46-4)43-20-40-19-39-43)32(45)42-12-11-21-7-9-25(18-28(21)42)48-34(36,37)38/h7-10,14-20,31,41H,5-6,11-13H2,1-4H3. The molecule has 0 aliphatic carbocycles. The van der Waals surface area contributed by atoms with Crippen molar-refractivity contribution in [1.82, 2.24) is 0 Å². The second-order valence-corrected chi connectivity index (χ2v) is 14.7. The van der Waals surface area contributed by atoms with Crippen molar-refractivity contribution in [1.29, 1.82) is 0 Å². The molecule has 0 radical (unpaired) electrons. The van der Waals surface area contributed by atoms with Gasteiger partial charge in [0.15, 0.2) is 0 Å². The lowest BCUT2D eigenvalue weighted by atomic mass is 10.0. The van der Waals surface area contributed by atoms with Crippen LogP contribution >= 0.6 is 32.6 Å². The van der Waals surface area contributed by atoms with Crippen molar-refractivity contribution in [3.8, 4) is 17.2 Å². The molecule has 0 spiro atoms. The molecule has 5 rings (SSSR count). The average molecular weight is 815 g/mol. The van der Waals surface area contributed by atoms with E-state index in [4.69, 9.17) is 25.8 Å². The summed E-state index contributed by atoms with van der Waals surface area (Å²) in [7, 11) is 1.54. The van der Waals surface area contributed by atoms with Gasteiger partial charge in [0.2, 0.25) is 0 Å². The van der Waals surface area contributed by atoms with Crippen LogP contribution in [0.2, 0.25) is 5.02 Å². The minimum Gasteiger partial charge on any atom is -0.497 e. The number of aliphatic imine (C=N–C) groups is 1. The quantitative estimate of drug-likeness (QED) is 0.0851. The van der Waals surface area contributed by atoms with E-state index in [9.17, 15) is 22.8 Å². The summed E-state index contributed by atoms with van der Waals surface area (Å²) < 4.78 is 64.4. The first-order chi connectivity index (χ1) is 23.2. The highest BCUT2D eigenvalue weighted by Crippen LogP contribution is 2.40. The second kappa shape index (κ2) is 15.2. The predicted molar refractivity (Wildman–Crippen MR) is 192 cm³/mol. The van der Waals surface area contributed by atoms with E-state index in [2.05, 4.69) is 15.0 Å². The summed E-state index contributed by atoms with van der Waals surface area (Å²) in [5.74, 6) is -0.412. The summed E-state index contributed by atoms with van der Waals surface area (Å²) in [6, 6.07) is 13.2. The third kappa shape index (κ3) is 9.78. The Bertz CT molecular complexity index is 1750. The van der Waals surface area contributed by atoms with Crippen LogP contribution in [0, 0.1) is 0 Å². The van der Waals surface area contributed by atoms with Crippen LogP contribution < -0.4 is 27.5 Å². The summed E-state index contributed by atoms with van der Waals surface area (Å²) in [6.45, 7) is 5.72. The summed E-state index contributed by atoms with van der Waals surface area (Å²) in [5.41, 5.74) is 2.16. The van der Waals surface area contributed by atoms with Crippen molar-refractivity contribution >= 4 is 72.0 Å². The second-order valence-electron chi connectivity index (χ2n) is 12.1. The molecule has 2 aliphatic heterocycles. The highest BCUT2D eigenvalue weighted by atomic mass is 127. The number of carbonyl (C=O) groups is 2. The minimum atomic E-state index is -4.89. The molecule has 0 bridgehead atoms. The van der Waals surface area contributed by atoms with Crippen LogP contribution in [0.15, 0.2) is 59.6 Å². The molecule has 1 unspecified atom stereocenters. The molecule has 3 aromatic rings. The molecule has 10 nitrogen and oxygen atoms in total. The number of anilines is 3. The van der Waals surface area contributed by atoms with Crippen molar-refractivity contribution in [2.45, 2.75) is 58.0 Å². The fourth-order valence-corrected chi connectivity index (χ4v) is 6.86. The lowest BCUT2D eigenvalue weighted by molar-refractivity contribution is -0.274. The van der Waals surface area contributed by atoms with Crippen molar-refractivity contribution < 1.29 is 41.7 Å². The number of esters is 1. The van der Waals surface area contributed by atoms with Crippen LogP contribution in [0.1, 0.15) is 50.8 Å². The number of benzene rings is 3. The highest BCUT2D eigenvalue weighted by Gasteiger charge is 2.36. The number of nitrogens with zero attached hydrogens (tertiary/aromatic N) is 3. The summed E-state index contributed by atoms with van der Waals surface area (Å²) in [4.78, 5) is 32.5. The van der Waals surface area contributed by atoms with Gasteiger partial charge >= 0.3 is 12.3 Å². The number of nitrogens with one attached hydrogen (secondary N) is 1. The molecule has 0 saturated heterocycles. The Balaban J connectivity index is 1.49. The fourth-order valence-electron chi connectivity index (χ4n) is 5.25. The van der Waals surface area contributed by atoms with Gasteiger partial charge in [-0.1, -0.05) is 23.7 Å². The van der Waals surface area contributed by atoms with Gasteiger partial charge in [0.05, 0.1) is 29.2 Å². The van der Waals surface area contributed by atoms with E-state index in [1.807, 2.05) is 19.4 Å². The van der Waals surface area contributed by atoms with Crippen LogP contribution in [-0.4, -0.2) is 54.6 Å². The first-order valence-corrected chi connectivity index (χ1v) is 17.9. The van der Waals surface area contributed by atoms with Gasteiger partial charge in [-0.05, 0) is 63.4 Å². The normalized spacial score (nSPS) is 14.6. The number of methoxy groups -OCH3 is 1. The average Bonchev–Trinajstić information content (AvgIpc) is 3.71. The molecule has 1 N–H and O–H groups in total. The van der Waals surface area contributed by atoms with Crippen LogP contribution in [-0.2, 0) is 20.7 Å². The number of carbonyl (C=O) groups excluding carboxylic acids is 2. The van der Waals surface area contributed by atoms with E-state index in [1.165, 1.54) is 30.2 Å². The Kier molecular flexibility index (Phi) is 11.3. The van der Waals surface area contributed by atoms with E-state index >= 15 is 0 Å². The molecule has 0 fully saturated rings.